The molecule has 1 saturated heterocycles. The van der Waals surface area contributed by atoms with Crippen molar-refractivity contribution in [2.75, 3.05) is 33.2 Å². The Balaban J connectivity index is 1.79. The molecule has 0 N–H and O–H groups in total. The normalized spacial score (nSPS) is 21.6. The molecule has 0 radical (unpaired) electrons. The molecule has 0 aliphatic carbocycles. The molecular formula is C15H15Cl2N3OS. The number of thioether (sulfide) groups is 1. The van der Waals surface area contributed by atoms with Crippen LogP contribution in [-0.4, -0.2) is 54.1 Å². The maximum atomic E-state index is 12.1. The van der Waals surface area contributed by atoms with Crippen LogP contribution >= 0.6 is 35.0 Å². The summed E-state index contributed by atoms with van der Waals surface area (Å²) < 4.78 is 0. The lowest BCUT2D eigenvalue weighted by Crippen LogP contribution is -2.46. The summed E-state index contributed by atoms with van der Waals surface area (Å²) in [6.45, 7) is 3.72. The molecule has 0 spiro atoms. The number of aliphatic imine (C=N–C) groups is 1. The predicted molar refractivity (Wildman–Crippen MR) is 93.5 cm³/mol. The van der Waals surface area contributed by atoms with Gasteiger partial charge in [-0.1, -0.05) is 29.3 Å². The number of amides is 1. The molecule has 116 valence electrons. The summed E-state index contributed by atoms with van der Waals surface area (Å²) in [4.78, 5) is 21.3. The van der Waals surface area contributed by atoms with Crippen molar-refractivity contribution in [2.24, 2.45) is 4.99 Å². The van der Waals surface area contributed by atoms with Crippen LogP contribution < -0.4 is 0 Å². The average molecular weight is 356 g/mol. The van der Waals surface area contributed by atoms with Crippen LogP contribution in [-0.2, 0) is 4.79 Å². The molecule has 4 nitrogen and oxygen atoms in total. The molecule has 0 atom stereocenters. The van der Waals surface area contributed by atoms with Crippen molar-refractivity contribution in [2.45, 2.75) is 0 Å². The second kappa shape index (κ2) is 6.62. The zero-order valence-corrected chi connectivity index (χ0v) is 14.4. The van der Waals surface area contributed by atoms with Gasteiger partial charge in [-0.3, -0.25) is 4.79 Å². The van der Waals surface area contributed by atoms with Gasteiger partial charge in [-0.2, -0.15) is 4.99 Å². The second-order valence-corrected chi connectivity index (χ2v) is 7.06. The van der Waals surface area contributed by atoms with E-state index in [0.717, 1.165) is 31.3 Å². The van der Waals surface area contributed by atoms with Gasteiger partial charge in [0.1, 0.15) is 0 Å². The van der Waals surface area contributed by atoms with Crippen molar-refractivity contribution in [3.63, 3.8) is 0 Å². The number of benzene rings is 1. The summed E-state index contributed by atoms with van der Waals surface area (Å²) in [7, 11) is 2.09. The Morgan fingerprint density at radius 3 is 2.45 bits per heavy atom. The predicted octanol–water partition coefficient (Wildman–Crippen LogP) is 3.21. The molecule has 2 aliphatic heterocycles. The number of likely N-dealkylation sites (N-methyl/N-ethyl adjacent to an activating group) is 1. The van der Waals surface area contributed by atoms with Crippen LogP contribution in [0.4, 0.5) is 0 Å². The minimum atomic E-state index is -0.227. The van der Waals surface area contributed by atoms with Crippen LogP contribution in [0.25, 0.3) is 6.08 Å². The maximum absolute atomic E-state index is 12.1. The van der Waals surface area contributed by atoms with E-state index in [1.165, 1.54) is 11.8 Å². The quantitative estimate of drug-likeness (QED) is 0.724. The molecule has 0 bridgehead atoms. The standard InChI is InChI=1S/C15H15Cl2N3OS/c1-19-5-7-20(8-6-19)15-18-14(21)13(22-15)9-10-11(16)3-2-4-12(10)17/h2-4,9H,5-8H2,1H3. The fourth-order valence-electron chi connectivity index (χ4n) is 2.31. The molecule has 3 rings (SSSR count). The van der Waals surface area contributed by atoms with E-state index in [0.29, 0.717) is 20.5 Å². The molecule has 0 unspecified atom stereocenters. The summed E-state index contributed by atoms with van der Waals surface area (Å²) in [6.07, 6.45) is 1.73. The van der Waals surface area contributed by atoms with Gasteiger partial charge in [0.25, 0.3) is 5.91 Å². The molecule has 22 heavy (non-hydrogen) atoms. The van der Waals surface area contributed by atoms with E-state index < -0.39 is 0 Å². The highest BCUT2D eigenvalue weighted by Crippen LogP contribution is 2.34. The van der Waals surface area contributed by atoms with Gasteiger partial charge in [0.05, 0.1) is 4.91 Å². The number of hydrogen-bond donors (Lipinski definition) is 0. The molecular weight excluding hydrogens is 341 g/mol. The third-order valence-electron chi connectivity index (χ3n) is 3.66. The van der Waals surface area contributed by atoms with Gasteiger partial charge < -0.3 is 9.80 Å². The Hall–Kier alpha value is -1.01. The smallest absolute Gasteiger partial charge is 0.286 e. The van der Waals surface area contributed by atoms with Gasteiger partial charge in [-0.05, 0) is 37.0 Å². The molecule has 2 heterocycles. The van der Waals surface area contributed by atoms with Gasteiger partial charge in [-0.25, -0.2) is 0 Å². The van der Waals surface area contributed by atoms with E-state index >= 15 is 0 Å². The van der Waals surface area contributed by atoms with E-state index in [9.17, 15) is 4.79 Å². The highest BCUT2D eigenvalue weighted by Gasteiger charge is 2.28. The first-order valence-electron chi connectivity index (χ1n) is 6.94. The largest absolute Gasteiger partial charge is 0.348 e. The minimum Gasteiger partial charge on any atom is -0.348 e. The molecule has 0 saturated carbocycles. The lowest BCUT2D eigenvalue weighted by Gasteiger charge is -2.32. The Morgan fingerprint density at radius 2 is 1.82 bits per heavy atom. The van der Waals surface area contributed by atoms with E-state index in [1.807, 2.05) is 0 Å². The number of piperazine rings is 1. The van der Waals surface area contributed by atoms with Crippen LogP contribution in [0.5, 0.6) is 0 Å². The summed E-state index contributed by atoms with van der Waals surface area (Å²) in [5.74, 6) is -0.227. The summed E-state index contributed by atoms with van der Waals surface area (Å²) in [5.41, 5.74) is 0.663. The number of rotatable bonds is 1. The first-order valence-corrected chi connectivity index (χ1v) is 8.52. The van der Waals surface area contributed by atoms with Crippen LogP contribution in [0.2, 0.25) is 10.0 Å². The Kier molecular flexibility index (Phi) is 4.78. The molecule has 2 aliphatic rings. The summed E-state index contributed by atoms with van der Waals surface area (Å²) >= 11 is 13.7. The lowest BCUT2D eigenvalue weighted by molar-refractivity contribution is -0.113. The lowest BCUT2D eigenvalue weighted by atomic mass is 10.2. The van der Waals surface area contributed by atoms with E-state index in [2.05, 4.69) is 21.8 Å². The third kappa shape index (κ3) is 3.33. The monoisotopic (exact) mass is 355 g/mol. The van der Waals surface area contributed by atoms with Gasteiger partial charge >= 0.3 is 0 Å². The molecule has 1 aromatic carbocycles. The fourth-order valence-corrected chi connectivity index (χ4v) is 3.76. The Labute approximate surface area is 143 Å². The minimum absolute atomic E-state index is 0.227. The highest BCUT2D eigenvalue weighted by atomic mass is 35.5. The average Bonchev–Trinajstić information content (AvgIpc) is 2.85. The van der Waals surface area contributed by atoms with E-state index in [4.69, 9.17) is 23.2 Å². The van der Waals surface area contributed by atoms with Crippen molar-refractivity contribution in [1.29, 1.82) is 0 Å². The van der Waals surface area contributed by atoms with E-state index in [1.54, 1.807) is 24.3 Å². The highest BCUT2D eigenvalue weighted by molar-refractivity contribution is 8.18. The SMILES string of the molecule is CN1CCN(C2=NC(=O)C(=Cc3c(Cl)cccc3Cl)S2)CC1. The number of carbonyl (C=O) groups excluding carboxylic acids is 1. The molecule has 0 aromatic heterocycles. The van der Waals surface area contributed by atoms with Crippen molar-refractivity contribution >= 4 is 52.1 Å². The van der Waals surface area contributed by atoms with Crippen LogP contribution in [0.1, 0.15) is 5.56 Å². The Morgan fingerprint density at radius 1 is 1.18 bits per heavy atom. The number of halogens is 2. The van der Waals surface area contributed by atoms with Crippen molar-refractivity contribution < 1.29 is 4.79 Å². The zero-order valence-electron chi connectivity index (χ0n) is 12.1. The number of carbonyl (C=O) groups is 1. The van der Waals surface area contributed by atoms with Crippen LogP contribution in [0.3, 0.4) is 0 Å². The summed E-state index contributed by atoms with van der Waals surface area (Å²) in [6, 6.07) is 5.29. The topological polar surface area (TPSA) is 35.9 Å². The fraction of sp³-hybridized carbons (Fsp3) is 0.333. The molecule has 1 amide bonds. The van der Waals surface area contributed by atoms with Gasteiger partial charge in [-0.15, -0.1) is 0 Å². The van der Waals surface area contributed by atoms with Crippen LogP contribution in [0.15, 0.2) is 28.1 Å². The van der Waals surface area contributed by atoms with Gasteiger partial charge in [0, 0.05) is 41.8 Å². The number of amidine groups is 1. The second-order valence-electron chi connectivity index (χ2n) is 5.24. The van der Waals surface area contributed by atoms with Gasteiger partial charge in [0.2, 0.25) is 0 Å². The molecule has 1 aromatic rings. The molecule has 1 fully saturated rings. The van der Waals surface area contributed by atoms with Crippen LogP contribution in [0, 0.1) is 0 Å². The first-order chi connectivity index (χ1) is 10.5. The summed E-state index contributed by atoms with van der Waals surface area (Å²) in [5, 5.41) is 1.83. The maximum Gasteiger partial charge on any atom is 0.286 e. The van der Waals surface area contributed by atoms with Crippen molar-refractivity contribution in [3.05, 3.63) is 38.7 Å². The van der Waals surface area contributed by atoms with E-state index in [-0.39, 0.29) is 5.91 Å². The Bertz CT molecular complexity index is 647. The third-order valence-corrected chi connectivity index (χ3v) is 5.36. The number of nitrogens with zero attached hydrogens (tertiary/aromatic N) is 3. The first kappa shape index (κ1) is 15.9. The number of hydrogen-bond acceptors (Lipinski definition) is 4. The zero-order chi connectivity index (χ0) is 15.7. The van der Waals surface area contributed by atoms with Crippen molar-refractivity contribution in [1.82, 2.24) is 9.80 Å². The van der Waals surface area contributed by atoms with Crippen molar-refractivity contribution in [3.8, 4) is 0 Å². The molecule has 7 heteroatoms. The van der Waals surface area contributed by atoms with Gasteiger partial charge in [0.15, 0.2) is 5.17 Å².